The summed E-state index contributed by atoms with van der Waals surface area (Å²) in [5.41, 5.74) is -0.522. The van der Waals surface area contributed by atoms with E-state index < -0.39 is 11.5 Å². The first-order valence-corrected chi connectivity index (χ1v) is 7.83. The summed E-state index contributed by atoms with van der Waals surface area (Å²) in [5, 5.41) is 12.2. The molecule has 1 saturated carbocycles. The normalized spacial score (nSPS) is 25.4. The number of carbonyl (C=O) groups is 2. The Morgan fingerprint density at radius 1 is 1.30 bits per heavy atom. The fraction of sp³-hybridized carbons (Fsp3) is 0.867. The fourth-order valence-corrected chi connectivity index (χ4v) is 3.52. The highest BCUT2D eigenvalue weighted by molar-refractivity contribution is 5.77. The Balaban J connectivity index is 1.96. The number of nitrogens with one attached hydrogen (secondary N) is 1. The maximum Gasteiger partial charge on any atom is 0.317 e. The second-order valence-electron chi connectivity index (χ2n) is 6.35. The van der Waals surface area contributed by atoms with E-state index in [1.807, 2.05) is 4.90 Å². The van der Waals surface area contributed by atoms with Crippen molar-refractivity contribution in [3.05, 3.63) is 0 Å². The van der Waals surface area contributed by atoms with E-state index in [-0.39, 0.29) is 12.5 Å². The van der Waals surface area contributed by atoms with E-state index in [1.165, 1.54) is 0 Å². The van der Waals surface area contributed by atoms with Crippen molar-refractivity contribution >= 4 is 12.0 Å². The molecule has 0 radical (unpaired) electrons. The summed E-state index contributed by atoms with van der Waals surface area (Å²) in [6.07, 6.45) is 6.94. The van der Waals surface area contributed by atoms with E-state index in [9.17, 15) is 9.59 Å². The molecule has 2 amide bonds. The van der Waals surface area contributed by atoms with Gasteiger partial charge in [-0.15, -0.1) is 0 Å². The van der Waals surface area contributed by atoms with E-state index in [0.717, 1.165) is 58.0 Å². The van der Waals surface area contributed by atoms with E-state index in [0.29, 0.717) is 5.92 Å². The Hall–Kier alpha value is -1.26. The molecule has 1 heterocycles. The van der Waals surface area contributed by atoms with E-state index in [1.54, 1.807) is 0 Å². The molecular formula is C15H26N2O3. The minimum atomic E-state index is -0.819. The number of likely N-dealkylation sites (tertiary alicyclic amines) is 1. The first kappa shape index (κ1) is 15.1. The second-order valence-corrected chi connectivity index (χ2v) is 6.35. The Kier molecular flexibility index (Phi) is 4.89. The van der Waals surface area contributed by atoms with Gasteiger partial charge in [0.05, 0.1) is 12.0 Å². The molecule has 5 heteroatoms. The molecule has 20 heavy (non-hydrogen) atoms. The van der Waals surface area contributed by atoms with Crippen LogP contribution in [-0.4, -0.2) is 40.6 Å². The average molecular weight is 282 g/mol. The van der Waals surface area contributed by atoms with Gasteiger partial charge in [0.1, 0.15) is 0 Å². The largest absolute Gasteiger partial charge is 0.481 e. The van der Waals surface area contributed by atoms with Gasteiger partial charge in [-0.1, -0.05) is 32.6 Å². The van der Waals surface area contributed by atoms with Crippen molar-refractivity contribution in [1.82, 2.24) is 10.2 Å². The summed E-state index contributed by atoms with van der Waals surface area (Å²) in [5.74, 6) is -0.220. The average Bonchev–Trinajstić information content (AvgIpc) is 2.87. The monoisotopic (exact) mass is 282 g/mol. The van der Waals surface area contributed by atoms with Crippen LogP contribution in [0.1, 0.15) is 58.3 Å². The van der Waals surface area contributed by atoms with Gasteiger partial charge in [0.2, 0.25) is 0 Å². The minimum Gasteiger partial charge on any atom is -0.481 e. The van der Waals surface area contributed by atoms with Gasteiger partial charge in [-0.3, -0.25) is 4.79 Å². The molecule has 2 rings (SSSR count). The van der Waals surface area contributed by atoms with Crippen molar-refractivity contribution in [2.75, 3.05) is 13.1 Å². The lowest BCUT2D eigenvalue weighted by atomic mass is 9.79. The van der Waals surface area contributed by atoms with E-state index in [4.69, 9.17) is 5.11 Å². The third-order valence-corrected chi connectivity index (χ3v) is 4.82. The SMILES string of the molecule is CCC1CCN(C(=O)NC2(CC(=O)O)CCCCC2)C1. The summed E-state index contributed by atoms with van der Waals surface area (Å²) >= 11 is 0. The highest BCUT2D eigenvalue weighted by Crippen LogP contribution is 2.31. The van der Waals surface area contributed by atoms with Crippen molar-refractivity contribution in [2.45, 2.75) is 63.8 Å². The lowest BCUT2D eigenvalue weighted by Crippen LogP contribution is -2.54. The summed E-state index contributed by atoms with van der Waals surface area (Å²) in [6.45, 7) is 3.76. The molecule has 0 spiro atoms. The second kappa shape index (κ2) is 6.46. The van der Waals surface area contributed by atoms with Gasteiger partial charge in [0, 0.05) is 13.1 Å². The van der Waals surface area contributed by atoms with Crippen LogP contribution in [0.2, 0.25) is 0 Å². The smallest absolute Gasteiger partial charge is 0.317 e. The number of amides is 2. The Labute approximate surface area is 120 Å². The van der Waals surface area contributed by atoms with Crippen LogP contribution in [0.4, 0.5) is 4.79 Å². The molecule has 2 aliphatic rings. The van der Waals surface area contributed by atoms with Crippen molar-refractivity contribution < 1.29 is 14.7 Å². The molecule has 0 aromatic heterocycles. The number of carboxylic acids is 1. The fourth-order valence-electron chi connectivity index (χ4n) is 3.52. The molecule has 5 nitrogen and oxygen atoms in total. The molecule has 1 aliphatic carbocycles. The predicted octanol–water partition coefficient (Wildman–Crippen LogP) is 2.61. The molecule has 0 bridgehead atoms. The first-order valence-electron chi connectivity index (χ1n) is 7.83. The van der Waals surface area contributed by atoms with Crippen molar-refractivity contribution in [3.63, 3.8) is 0 Å². The minimum absolute atomic E-state index is 0.0454. The summed E-state index contributed by atoms with van der Waals surface area (Å²) in [6, 6.07) is -0.0656. The van der Waals surface area contributed by atoms with Crippen LogP contribution in [0.15, 0.2) is 0 Å². The standard InChI is InChI=1S/C15H26N2O3/c1-2-12-6-9-17(11-12)14(20)16-15(10-13(18)19)7-4-3-5-8-15/h12H,2-11H2,1H3,(H,16,20)(H,18,19). The molecule has 1 aliphatic heterocycles. The van der Waals surface area contributed by atoms with Gasteiger partial charge in [0.25, 0.3) is 0 Å². The number of hydrogen-bond donors (Lipinski definition) is 2. The molecule has 114 valence electrons. The number of nitrogens with zero attached hydrogens (tertiary/aromatic N) is 1. The number of aliphatic carboxylic acids is 1. The number of rotatable bonds is 4. The van der Waals surface area contributed by atoms with E-state index in [2.05, 4.69) is 12.2 Å². The number of urea groups is 1. The molecular weight excluding hydrogens is 256 g/mol. The van der Waals surface area contributed by atoms with Crippen LogP contribution in [0.5, 0.6) is 0 Å². The van der Waals surface area contributed by atoms with Gasteiger partial charge in [-0.05, 0) is 25.2 Å². The van der Waals surface area contributed by atoms with Crippen LogP contribution < -0.4 is 5.32 Å². The Bertz CT molecular complexity index is 364. The van der Waals surface area contributed by atoms with Crippen molar-refractivity contribution in [2.24, 2.45) is 5.92 Å². The molecule has 0 aromatic rings. The predicted molar refractivity (Wildman–Crippen MR) is 76.6 cm³/mol. The zero-order valence-electron chi connectivity index (χ0n) is 12.4. The maximum absolute atomic E-state index is 12.4. The Morgan fingerprint density at radius 3 is 2.55 bits per heavy atom. The molecule has 0 aromatic carbocycles. The molecule has 2 N–H and O–H groups in total. The number of carboxylic acid groups (broad SMARTS) is 1. The van der Waals surface area contributed by atoms with Gasteiger partial charge in [0.15, 0.2) is 0 Å². The van der Waals surface area contributed by atoms with Crippen LogP contribution in [0, 0.1) is 5.92 Å². The number of hydrogen-bond acceptors (Lipinski definition) is 2. The number of carbonyl (C=O) groups excluding carboxylic acids is 1. The van der Waals surface area contributed by atoms with Crippen molar-refractivity contribution in [1.29, 1.82) is 0 Å². The zero-order chi connectivity index (χ0) is 14.6. The Morgan fingerprint density at radius 2 is 2.00 bits per heavy atom. The van der Waals surface area contributed by atoms with Crippen LogP contribution in [-0.2, 0) is 4.79 Å². The first-order chi connectivity index (χ1) is 9.54. The van der Waals surface area contributed by atoms with Crippen LogP contribution in [0.25, 0.3) is 0 Å². The molecule has 1 atom stereocenters. The lowest BCUT2D eigenvalue weighted by Gasteiger charge is -2.38. The summed E-state index contributed by atoms with van der Waals surface area (Å²) in [7, 11) is 0. The van der Waals surface area contributed by atoms with Crippen LogP contribution in [0.3, 0.4) is 0 Å². The lowest BCUT2D eigenvalue weighted by molar-refractivity contribution is -0.139. The molecule has 1 saturated heterocycles. The van der Waals surface area contributed by atoms with Gasteiger partial charge in [-0.2, -0.15) is 0 Å². The highest BCUT2D eigenvalue weighted by Gasteiger charge is 2.37. The van der Waals surface area contributed by atoms with Crippen LogP contribution >= 0.6 is 0 Å². The third kappa shape index (κ3) is 3.64. The maximum atomic E-state index is 12.4. The quantitative estimate of drug-likeness (QED) is 0.832. The van der Waals surface area contributed by atoms with Gasteiger partial charge < -0.3 is 15.3 Å². The van der Waals surface area contributed by atoms with E-state index >= 15 is 0 Å². The van der Waals surface area contributed by atoms with Gasteiger partial charge in [-0.25, -0.2) is 4.79 Å². The van der Waals surface area contributed by atoms with Gasteiger partial charge >= 0.3 is 12.0 Å². The third-order valence-electron chi connectivity index (χ3n) is 4.82. The summed E-state index contributed by atoms with van der Waals surface area (Å²) in [4.78, 5) is 25.3. The topological polar surface area (TPSA) is 69.6 Å². The molecule has 2 fully saturated rings. The van der Waals surface area contributed by atoms with Crippen molar-refractivity contribution in [3.8, 4) is 0 Å². The summed E-state index contributed by atoms with van der Waals surface area (Å²) < 4.78 is 0. The highest BCUT2D eigenvalue weighted by atomic mass is 16.4. The molecule has 1 unspecified atom stereocenters. The zero-order valence-corrected chi connectivity index (χ0v) is 12.4.